The lowest BCUT2D eigenvalue weighted by Gasteiger charge is -2.12. The fraction of sp³-hybridized carbons (Fsp3) is 0.409. The normalized spacial score (nSPS) is 13.9. The van der Waals surface area contributed by atoms with Crippen LogP contribution in [0.1, 0.15) is 54.1 Å². The van der Waals surface area contributed by atoms with Gasteiger partial charge in [0.25, 0.3) is 5.91 Å². The number of sulfonamides is 1. The average molecular weight is 417 g/mol. The van der Waals surface area contributed by atoms with Crippen molar-refractivity contribution in [3.05, 3.63) is 59.2 Å². The molecule has 2 N–H and O–H groups in total. The van der Waals surface area contributed by atoms with Crippen LogP contribution in [0, 0.1) is 6.92 Å². The Morgan fingerprint density at radius 1 is 1.17 bits per heavy atom. The molecule has 0 saturated heterocycles. The monoisotopic (exact) mass is 416 g/mol. The first-order valence-electron chi connectivity index (χ1n) is 10.0. The Kier molecular flexibility index (Phi) is 6.92. The summed E-state index contributed by atoms with van der Waals surface area (Å²) < 4.78 is 33.2. The number of carbonyl (C=O) groups excluding carboxylic acids is 1. The molecule has 6 nitrogen and oxygen atoms in total. The second-order valence-electron chi connectivity index (χ2n) is 7.40. The van der Waals surface area contributed by atoms with Crippen molar-refractivity contribution < 1.29 is 17.9 Å². The van der Waals surface area contributed by atoms with Crippen LogP contribution in [0.3, 0.4) is 0 Å². The number of ether oxygens (including phenoxy) is 1. The molecule has 2 aromatic rings. The van der Waals surface area contributed by atoms with E-state index in [0.29, 0.717) is 18.7 Å². The fourth-order valence-electron chi connectivity index (χ4n) is 2.86. The van der Waals surface area contributed by atoms with E-state index in [1.165, 1.54) is 12.1 Å². The lowest BCUT2D eigenvalue weighted by molar-refractivity contribution is 0.0950. The predicted molar refractivity (Wildman–Crippen MR) is 113 cm³/mol. The summed E-state index contributed by atoms with van der Waals surface area (Å²) in [5.74, 6) is 0.476. The first-order valence-corrected chi connectivity index (χ1v) is 11.5. The molecule has 1 amide bonds. The summed E-state index contributed by atoms with van der Waals surface area (Å²) in [6.45, 7) is 4.91. The van der Waals surface area contributed by atoms with Gasteiger partial charge in [-0.1, -0.05) is 31.5 Å². The number of carbonyl (C=O) groups is 1. The van der Waals surface area contributed by atoms with Gasteiger partial charge in [0.15, 0.2) is 0 Å². The van der Waals surface area contributed by atoms with E-state index in [-0.39, 0.29) is 16.8 Å². The van der Waals surface area contributed by atoms with Crippen LogP contribution in [0.5, 0.6) is 5.75 Å². The zero-order valence-electron chi connectivity index (χ0n) is 16.9. The van der Waals surface area contributed by atoms with E-state index in [1.807, 2.05) is 24.3 Å². The first-order chi connectivity index (χ1) is 13.9. The minimum atomic E-state index is -3.60. The van der Waals surface area contributed by atoms with Crippen molar-refractivity contribution in [1.82, 2.24) is 10.0 Å². The van der Waals surface area contributed by atoms with Gasteiger partial charge in [0.1, 0.15) is 5.75 Å². The number of benzene rings is 2. The first kappa shape index (κ1) is 21.3. The molecule has 7 heteroatoms. The zero-order valence-corrected chi connectivity index (χ0v) is 17.7. The van der Waals surface area contributed by atoms with Crippen LogP contribution in [0.15, 0.2) is 47.4 Å². The third kappa shape index (κ3) is 6.05. The Morgan fingerprint density at radius 2 is 1.97 bits per heavy atom. The van der Waals surface area contributed by atoms with E-state index in [1.54, 1.807) is 13.0 Å². The number of hydrogen-bond acceptors (Lipinski definition) is 4. The molecule has 29 heavy (non-hydrogen) atoms. The molecule has 3 rings (SSSR count). The van der Waals surface area contributed by atoms with Gasteiger partial charge < -0.3 is 10.1 Å². The van der Waals surface area contributed by atoms with E-state index in [9.17, 15) is 13.2 Å². The average Bonchev–Trinajstić information content (AvgIpc) is 3.50. The maximum absolute atomic E-state index is 12.7. The van der Waals surface area contributed by atoms with Gasteiger partial charge in [0.2, 0.25) is 10.0 Å². The molecule has 0 atom stereocenters. The fourth-order valence-corrected chi connectivity index (χ4v) is 4.19. The third-order valence-corrected chi connectivity index (χ3v) is 6.30. The van der Waals surface area contributed by atoms with E-state index >= 15 is 0 Å². The lowest BCUT2D eigenvalue weighted by Crippen LogP contribution is -2.27. The van der Waals surface area contributed by atoms with E-state index in [2.05, 4.69) is 17.0 Å². The highest BCUT2D eigenvalue weighted by atomic mass is 32.2. The van der Waals surface area contributed by atoms with Crippen molar-refractivity contribution in [3.63, 3.8) is 0 Å². The summed E-state index contributed by atoms with van der Waals surface area (Å²) in [7, 11) is -3.60. The van der Waals surface area contributed by atoms with Gasteiger partial charge in [-0.3, -0.25) is 4.79 Å². The number of hydrogen-bond donors (Lipinski definition) is 2. The largest absolute Gasteiger partial charge is 0.494 e. The standard InChI is InChI=1S/C22H28N2O4S/c1-3-4-12-28-19-7-5-6-17(13-19)15-23-22(25)21-14-20(11-8-16(21)2)29(26,27)24-18-9-10-18/h5-8,11,13-14,18,24H,3-4,9-10,12,15H2,1-2H3,(H,23,25). The van der Waals surface area contributed by atoms with Gasteiger partial charge in [-0.05, 0) is 61.6 Å². The molecular weight excluding hydrogens is 388 g/mol. The van der Waals surface area contributed by atoms with E-state index in [0.717, 1.165) is 42.6 Å². The van der Waals surface area contributed by atoms with Crippen molar-refractivity contribution in [1.29, 1.82) is 0 Å². The van der Waals surface area contributed by atoms with Crippen LogP contribution in [0.4, 0.5) is 0 Å². The van der Waals surface area contributed by atoms with Gasteiger partial charge in [0, 0.05) is 18.2 Å². The highest BCUT2D eigenvalue weighted by Gasteiger charge is 2.28. The number of rotatable bonds is 10. The summed E-state index contributed by atoms with van der Waals surface area (Å²) in [5.41, 5.74) is 2.01. The minimum Gasteiger partial charge on any atom is -0.494 e. The maximum Gasteiger partial charge on any atom is 0.251 e. The predicted octanol–water partition coefficient (Wildman–Crippen LogP) is 3.54. The molecule has 0 spiro atoms. The summed E-state index contributed by atoms with van der Waals surface area (Å²) >= 11 is 0. The van der Waals surface area contributed by atoms with Gasteiger partial charge in [-0.25, -0.2) is 13.1 Å². The number of amides is 1. The number of unbranched alkanes of at least 4 members (excludes halogenated alkanes) is 1. The molecule has 1 aliphatic rings. The van der Waals surface area contributed by atoms with Gasteiger partial charge in [-0.15, -0.1) is 0 Å². The SMILES string of the molecule is CCCCOc1cccc(CNC(=O)c2cc(S(=O)(=O)NC3CC3)ccc2C)c1. The second-order valence-corrected chi connectivity index (χ2v) is 9.12. The third-order valence-electron chi connectivity index (χ3n) is 4.78. The van der Waals surface area contributed by atoms with Crippen molar-refractivity contribution in [3.8, 4) is 5.75 Å². The molecule has 0 aromatic heterocycles. The topological polar surface area (TPSA) is 84.5 Å². The van der Waals surface area contributed by atoms with Crippen molar-refractivity contribution >= 4 is 15.9 Å². The summed E-state index contributed by atoms with van der Waals surface area (Å²) in [6, 6.07) is 12.3. The highest BCUT2D eigenvalue weighted by molar-refractivity contribution is 7.89. The van der Waals surface area contributed by atoms with Crippen LogP contribution in [-0.2, 0) is 16.6 Å². The quantitative estimate of drug-likeness (QED) is 0.580. The molecule has 0 heterocycles. The molecule has 0 aliphatic heterocycles. The van der Waals surface area contributed by atoms with Crippen LogP contribution < -0.4 is 14.8 Å². The van der Waals surface area contributed by atoms with Crippen molar-refractivity contribution in [2.24, 2.45) is 0 Å². The molecule has 1 fully saturated rings. The zero-order chi connectivity index (χ0) is 20.9. The number of aryl methyl sites for hydroxylation is 1. The van der Waals surface area contributed by atoms with Crippen molar-refractivity contribution in [2.45, 2.75) is 57.0 Å². The molecule has 1 saturated carbocycles. The Balaban J connectivity index is 1.66. The Hall–Kier alpha value is -2.38. The highest BCUT2D eigenvalue weighted by Crippen LogP contribution is 2.23. The Bertz CT molecular complexity index is 969. The van der Waals surface area contributed by atoms with Crippen LogP contribution in [0.2, 0.25) is 0 Å². The molecule has 0 radical (unpaired) electrons. The lowest BCUT2D eigenvalue weighted by atomic mass is 10.1. The minimum absolute atomic E-state index is 0.0189. The van der Waals surface area contributed by atoms with Crippen LogP contribution in [-0.4, -0.2) is 27.0 Å². The molecule has 0 unspecified atom stereocenters. The van der Waals surface area contributed by atoms with Gasteiger partial charge >= 0.3 is 0 Å². The summed E-state index contributed by atoms with van der Waals surface area (Å²) in [4.78, 5) is 12.8. The molecular formula is C22H28N2O4S. The van der Waals surface area contributed by atoms with Crippen LogP contribution >= 0.6 is 0 Å². The molecule has 2 aromatic carbocycles. The second kappa shape index (κ2) is 9.41. The van der Waals surface area contributed by atoms with E-state index in [4.69, 9.17) is 4.74 Å². The molecule has 1 aliphatic carbocycles. The molecule has 156 valence electrons. The van der Waals surface area contributed by atoms with Crippen molar-refractivity contribution in [2.75, 3.05) is 6.61 Å². The molecule has 0 bridgehead atoms. The van der Waals surface area contributed by atoms with Gasteiger partial charge in [-0.2, -0.15) is 0 Å². The number of nitrogens with one attached hydrogen (secondary N) is 2. The Morgan fingerprint density at radius 3 is 2.69 bits per heavy atom. The summed E-state index contributed by atoms with van der Waals surface area (Å²) in [6.07, 6.45) is 3.79. The summed E-state index contributed by atoms with van der Waals surface area (Å²) in [5, 5.41) is 2.87. The van der Waals surface area contributed by atoms with Crippen LogP contribution in [0.25, 0.3) is 0 Å². The van der Waals surface area contributed by atoms with Gasteiger partial charge in [0.05, 0.1) is 11.5 Å². The smallest absolute Gasteiger partial charge is 0.251 e. The maximum atomic E-state index is 12.7. The Labute approximate surface area is 172 Å². The van der Waals surface area contributed by atoms with E-state index < -0.39 is 10.0 Å².